The van der Waals surface area contributed by atoms with Gasteiger partial charge in [0.15, 0.2) is 0 Å². The van der Waals surface area contributed by atoms with Gasteiger partial charge in [-0.25, -0.2) is 0 Å². The molecule has 0 aliphatic carbocycles. The Morgan fingerprint density at radius 3 is 1.80 bits per heavy atom. The van der Waals surface area contributed by atoms with Crippen molar-refractivity contribution in [1.29, 1.82) is 0 Å². The summed E-state index contributed by atoms with van der Waals surface area (Å²) in [5.41, 5.74) is 4.11. The summed E-state index contributed by atoms with van der Waals surface area (Å²) in [6.07, 6.45) is 16.4. The van der Waals surface area contributed by atoms with Crippen molar-refractivity contribution in [2.45, 2.75) is 59.8 Å². The van der Waals surface area contributed by atoms with E-state index in [-0.39, 0.29) is 0 Å². The third-order valence-electron chi connectivity index (χ3n) is 3.20. The van der Waals surface area contributed by atoms with Crippen LogP contribution in [-0.4, -0.2) is 0 Å². The molecule has 0 saturated heterocycles. The first-order valence-electron chi connectivity index (χ1n) is 7.75. The van der Waals surface area contributed by atoms with Gasteiger partial charge in [0.25, 0.3) is 0 Å². The first-order chi connectivity index (χ1) is 9.49. The Bertz CT molecular complexity index is 371. The summed E-state index contributed by atoms with van der Waals surface area (Å²) in [5.74, 6) is 0.716. The lowest BCUT2D eigenvalue weighted by molar-refractivity contribution is 0.660. The van der Waals surface area contributed by atoms with Gasteiger partial charge in [0.2, 0.25) is 0 Å². The van der Waals surface area contributed by atoms with Crippen molar-refractivity contribution in [3.05, 3.63) is 60.3 Å². The SMILES string of the molecule is C=C/C(=C\CC/C(C=C)=C/CC(C)C)CCC=C(C)C. The first kappa shape index (κ1) is 18.7. The first-order valence-corrected chi connectivity index (χ1v) is 7.75. The predicted molar refractivity (Wildman–Crippen MR) is 93.9 cm³/mol. The third kappa shape index (κ3) is 10.6. The van der Waals surface area contributed by atoms with E-state index >= 15 is 0 Å². The maximum absolute atomic E-state index is 3.91. The number of rotatable bonds is 10. The third-order valence-corrected chi connectivity index (χ3v) is 3.20. The second-order valence-corrected chi connectivity index (χ2v) is 5.95. The highest BCUT2D eigenvalue weighted by molar-refractivity contribution is 5.20. The molecule has 0 aliphatic rings. The molecule has 0 fully saturated rings. The van der Waals surface area contributed by atoms with Gasteiger partial charge in [-0.2, -0.15) is 0 Å². The van der Waals surface area contributed by atoms with Crippen molar-refractivity contribution in [3.63, 3.8) is 0 Å². The normalized spacial score (nSPS) is 12.4. The summed E-state index contributed by atoms with van der Waals surface area (Å²) in [7, 11) is 0. The summed E-state index contributed by atoms with van der Waals surface area (Å²) in [5, 5.41) is 0. The zero-order valence-corrected chi connectivity index (χ0v) is 13.9. The van der Waals surface area contributed by atoms with Gasteiger partial charge >= 0.3 is 0 Å². The predicted octanol–water partition coefficient (Wildman–Crippen LogP) is 6.78. The van der Waals surface area contributed by atoms with Gasteiger partial charge in [-0.15, -0.1) is 0 Å². The number of hydrogen-bond donors (Lipinski definition) is 0. The fourth-order valence-corrected chi connectivity index (χ4v) is 1.91. The van der Waals surface area contributed by atoms with Crippen LogP contribution in [0, 0.1) is 5.92 Å². The van der Waals surface area contributed by atoms with Crippen molar-refractivity contribution in [2.24, 2.45) is 5.92 Å². The topological polar surface area (TPSA) is 0 Å². The van der Waals surface area contributed by atoms with Gasteiger partial charge in [-0.05, 0) is 51.9 Å². The van der Waals surface area contributed by atoms with E-state index in [0.29, 0.717) is 5.92 Å². The summed E-state index contributed by atoms with van der Waals surface area (Å²) >= 11 is 0. The van der Waals surface area contributed by atoms with Gasteiger partial charge < -0.3 is 0 Å². The molecule has 0 aromatic rings. The molecule has 0 nitrogen and oxygen atoms in total. The van der Waals surface area contributed by atoms with E-state index in [1.165, 1.54) is 16.7 Å². The summed E-state index contributed by atoms with van der Waals surface area (Å²) in [4.78, 5) is 0. The Labute approximate surface area is 126 Å². The molecule has 0 heterocycles. The van der Waals surface area contributed by atoms with Crippen LogP contribution >= 0.6 is 0 Å². The van der Waals surface area contributed by atoms with Crippen LogP contribution in [0.3, 0.4) is 0 Å². The Kier molecular flexibility index (Phi) is 10.8. The fourth-order valence-electron chi connectivity index (χ4n) is 1.91. The molecule has 0 heteroatoms. The van der Waals surface area contributed by atoms with Gasteiger partial charge in [0.1, 0.15) is 0 Å². The van der Waals surface area contributed by atoms with Crippen LogP contribution in [0.15, 0.2) is 60.3 Å². The van der Waals surface area contributed by atoms with Gasteiger partial charge in [0, 0.05) is 0 Å². The molecule has 0 bridgehead atoms. The van der Waals surface area contributed by atoms with Crippen molar-refractivity contribution in [1.82, 2.24) is 0 Å². The van der Waals surface area contributed by atoms with Crippen LogP contribution in [-0.2, 0) is 0 Å². The molecule has 0 aromatic carbocycles. The highest BCUT2D eigenvalue weighted by Crippen LogP contribution is 2.15. The monoisotopic (exact) mass is 272 g/mol. The van der Waals surface area contributed by atoms with Crippen molar-refractivity contribution in [3.8, 4) is 0 Å². The molecule has 0 amide bonds. The van der Waals surface area contributed by atoms with Crippen LogP contribution in [0.25, 0.3) is 0 Å². The van der Waals surface area contributed by atoms with Crippen LogP contribution in [0.4, 0.5) is 0 Å². The lowest BCUT2D eigenvalue weighted by atomic mass is 10.0. The van der Waals surface area contributed by atoms with Crippen LogP contribution in [0.2, 0.25) is 0 Å². The van der Waals surface area contributed by atoms with Gasteiger partial charge in [0.05, 0.1) is 0 Å². The van der Waals surface area contributed by atoms with E-state index in [1.807, 2.05) is 12.2 Å². The van der Waals surface area contributed by atoms with E-state index in [0.717, 1.165) is 32.1 Å². The van der Waals surface area contributed by atoms with Crippen molar-refractivity contribution < 1.29 is 0 Å². The van der Waals surface area contributed by atoms with Crippen molar-refractivity contribution >= 4 is 0 Å². The average Bonchev–Trinajstić information content (AvgIpc) is 2.39. The number of allylic oxidation sites excluding steroid dienone is 8. The molecule has 20 heavy (non-hydrogen) atoms. The van der Waals surface area contributed by atoms with Crippen LogP contribution in [0.5, 0.6) is 0 Å². The Hall–Kier alpha value is -1.30. The van der Waals surface area contributed by atoms with Crippen LogP contribution < -0.4 is 0 Å². The Morgan fingerprint density at radius 1 is 0.850 bits per heavy atom. The Balaban J connectivity index is 4.28. The molecule has 0 rings (SSSR count). The van der Waals surface area contributed by atoms with E-state index in [1.54, 1.807) is 0 Å². The Morgan fingerprint density at radius 2 is 1.35 bits per heavy atom. The van der Waals surface area contributed by atoms with E-state index < -0.39 is 0 Å². The van der Waals surface area contributed by atoms with Gasteiger partial charge in [-0.1, -0.05) is 74.1 Å². The second-order valence-electron chi connectivity index (χ2n) is 5.95. The zero-order valence-electron chi connectivity index (χ0n) is 13.9. The molecule has 0 aliphatic heterocycles. The minimum Gasteiger partial charge on any atom is -0.0988 e. The molecule has 0 N–H and O–H groups in total. The highest BCUT2D eigenvalue weighted by Gasteiger charge is 1.96. The highest BCUT2D eigenvalue weighted by atomic mass is 14.0. The maximum Gasteiger partial charge on any atom is -0.0247 e. The lowest BCUT2D eigenvalue weighted by Gasteiger charge is -2.04. The quantitative estimate of drug-likeness (QED) is 0.303. The number of hydrogen-bond acceptors (Lipinski definition) is 0. The summed E-state index contributed by atoms with van der Waals surface area (Å²) in [6.45, 7) is 16.6. The van der Waals surface area contributed by atoms with Crippen molar-refractivity contribution in [2.75, 3.05) is 0 Å². The molecular formula is C20H32. The molecule has 0 atom stereocenters. The molecule has 0 unspecified atom stereocenters. The molecule has 112 valence electrons. The van der Waals surface area contributed by atoms with E-state index in [9.17, 15) is 0 Å². The van der Waals surface area contributed by atoms with Crippen LogP contribution in [0.1, 0.15) is 59.8 Å². The maximum atomic E-state index is 3.91. The largest absolute Gasteiger partial charge is 0.0988 e. The lowest BCUT2D eigenvalue weighted by Crippen LogP contribution is -1.86. The van der Waals surface area contributed by atoms with E-state index in [4.69, 9.17) is 0 Å². The molecule has 0 radical (unpaired) electrons. The molecular weight excluding hydrogens is 240 g/mol. The molecule has 0 spiro atoms. The summed E-state index contributed by atoms with van der Waals surface area (Å²) in [6, 6.07) is 0. The zero-order chi connectivity index (χ0) is 15.4. The smallest absolute Gasteiger partial charge is 0.0247 e. The average molecular weight is 272 g/mol. The molecule has 0 saturated carbocycles. The minimum atomic E-state index is 0.716. The minimum absolute atomic E-state index is 0.716. The standard InChI is InChI=1S/C20H32/c1-7-19(12-9-11-17(3)4)13-10-14-20(8-2)16-15-18(5)6/h7-8,11,13,16,18H,1-2,9-10,12,14-15H2,3-6H3/b19-13+,20-16+. The van der Waals surface area contributed by atoms with Gasteiger partial charge in [-0.3, -0.25) is 0 Å². The summed E-state index contributed by atoms with van der Waals surface area (Å²) < 4.78 is 0. The van der Waals surface area contributed by atoms with E-state index in [2.05, 4.69) is 59.1 Å². The fraction of sp³-hybridized carbons (Fsp3) is 0.500. The second kappa shape index (κ2) is 11.5. The molecule has 0 aromatic heterocycles.